The largest absolute Gasteiger partial charge is 0.417 e. The van der Waals surface area contributed by atoms with Crippen LogP contribution >= 0.6 is 0 Å². The summed E-state index contributed by atoms with van der Waals surface area (Å²) in [6.07, 6.45) is -3.73. The summed E-state index contributed by atoms with van der Waals surface area (Å²) in [5, 5.41) is 2.54. The summed E-state index contributed by atoms with van der Waals surface area (Å²) < 4.78 is 37.3. The third-order valence-electron chi connectivity index (χ3n) is 3.54. The van der Waals surface area contributed by atoms with Crippen LogP contribution in [0.1, 0.15) is 33.3 Å². The molecular weight excluding hydrogens is 283 g/mol. The summed E-state index contributed by atoms with van der Waals surface area (Å²) in [7, 11) is 1.81. The zero-order chi connectivity index (χ0) is 16.4. The fourth-order valence-corrected chi connectivity index (χ4v) is 1.71. The fourth-order valence-electron chi connectivity index (χ4n) is 1.71. The van der Waals surface area contributed by atoms with E-state index in [1.54, 1.807) is 13.8 Å². The normalized spacial score (nSPS) is 12.9. The van der Waals surface area contributed by atoms with Crippen LogP contribution in [-0.2, 0) is 11.0 Å². The minimum Gasteiger partial charge on any atom is -0.309 e. The van der Waals surface area contributed by atoms with E-state index in [4.69, 9.17) is 0 Å². The number of carbonyl (C=O) groups excluding carboxylic acids is 1. The topological polar surface area (TPSA) is 45.2 Å². The lowest BCUT2D eigenvalue weighted by Crippen LogP contribution is -2.53. The molecule has 0 aliphatic rings. The van der Waals surface area contributed by atoms with Crippen LogP contribution in [0.5, 0.6) is 0 Å². The molecule has 21 heavy (non-hydrogen) atoms. The van der Waals surface area contributed by atoms with Gasteiger partial charge in [0.15, 0.2) is 0 Å². The molecule has 0 aliphatic carbocycles. The van der Waals surface area contributed by atoms with E-state index in [1.165, 1.54) is 0 Å². The molecule has 0 aromatic carbocycles. The van der Waals surface area contributed by atoms with Crippen molar-refractivity contribution in [2.75, 3.05) is 12.4 Å². The maximum atomic E-state index is 12.4. The highest BCUT2D eigenvalue weighted by Crippen LogP contribution is 2.29. The van der Waals surface area contributed by atoms with Crippen molar-refractivity contribution in [3.8, 4) is 0 Å². The average Bonchev–Trinajstić information content (AvgIpc) is 2.37. The van der Waals surface area contributed by atoms with Crippen molar-refractivity contribution in [1.29, 1.82) is 0 Å². The third-order valence-corrected chi connectivity index (χ3v) is 3.54. The van der Waals surface area contributed by atoms with Gasteiger partial charge in [-0.25, -0.2) is 4.98 Å². The van der Waals surface area contributed by atoms with Crippen LogP contribution < -0.4 is 5.32 Å². The van der Waals surface area contributed by atoms with Gasteiger partial charge in [0.05, 0.1) is 11.1 Å². The summed E-state index contributed by atoms with van der Waals surface area (Å²) in [5.74, 6) is -0.232. The van der Waals surface area contributed by atoms with Crippen molar-refractivity contribution in [2.24, 2.45) is 0 Å². The predicted molar refractivity (Wildman–Crippen MR) is 74.8 cm³/mol. The lowest BCUT2D eigenvalue weighted by molar-refractivity contribution is -0.137. The first kappa shape index (κ1) is 17.4. The minimum absolute atomic E-state index is 0.0956. The Morgan fingerprint density at radius 2 is 1.86 bits per heavy atom. The Labute approximate surface area is 122 Å². The Balaban J connectivity index is 2.84. The van der Waals surface area contributed by atoms with Crippen molar-refractivity contribution in [1.82, 2.24) is 9.88 Å². The molecule has 0 unspecified atom stereocenters. The Kier molecular flexibility index (Phi) is 4.99. The summed E-state index contributed by atoms with van der Waals surface area (Å²) in [4.78, 5) is 17.7. The number of pyridine rings is 1. The summed E-state index contributed by atoms with van der Waals surface area (Å²) in [6, 6.07) is 2.18. The van der Waals surface area contributed by atoms with E-state index < -0.39 is 17.3 Å². The molecule has 0 saturated carbocycles. The molecule has 1 aromatic rings. The van der Waals surface area contributed by atoms with Gasteiger partial charge < -0.3 is 5.32 Å². The standard InChI is InChI=1S/C14H20F3N3O/c1-9(2)20(5)13(3,4)12(21)19-11-7-6-10(8-18-11)14(15,16)17/h6-9H,1-5H3,(H,18,19,21). The number of hydrogen-bond acceptors (Lipinski definition) is 3. The lowest BCUT2D eigenvalue weighted by atomic mass is 10.0. The van der Waals surface area contributed by atoms with E-state index in [9.17, 15) is 18.0 Å². The SMILES string of the molecule is CC(C)N(C)C(C)(C)C(=O)Nc1ccc(C(F)(F)F)cn1. The molecule has 4 nitrogen and oxygen atoms in total. The van der Waals surface area contributed by atoms with Crippen LogP contribution in [0, 0.1) is 0 Å². The highest BCUT2D eigenvalue weighted by molar-refractivity contribution is 5.96. The zero-order valence-corrected chi connectivity index (χ0v) is 12.7. The van der Waals surface area contributed by atoms with Gasteiger partial charge in [-0.3, -0.25) is 9.69 Å². The molecule has 0 aliphatic heterocycles. The number of carbonyl (C=O) groups is 1. The van der Waals surface area contributed by atoms with Crippen molar-refractivity contribution < 1.29 is 18.0 Å². The predicted octanol–water partition coefficient (Wildman–Crippen LogP) is 3.16. The molecule has 1 N–H and O–H groups in total. The Morgan fingerprint density at radius 1 is 1.29 bits per heavy atom. The number of amides is 1. The zero-order valence-electron chi connectivity index (χ0n) is 12.7. The van der Waals surface area contributed by atoms with Crippen molar-refractivity contribution >= 4 is 11.7 Å². The van der Waals surface area contributed by atoms with Gasteiger partial charge in [0, 0.05) is 12.2 Å². The van der Waals surface area contributed by atoms with Gasteiger partial charge in [-0.1, -0.05) is 0 Å². The fraction of sp³-hybridized carbons (Fsp3) is 0.571. The van der Waals surface area contributed by atoms with Gasteiger partial charge in [0.2, 0.25) is 5.91 Å². The van der Waals surface area contributed by atoms with E-state index in [0.717, 1.165) is 12.1 Å². The number of alkyl halides is 3. The van der Waals surface area contributed by atoms with Crippen LogP contribution in [0.25, 0.3) is 0 Å². The van der Waals surface area contributed by atoms with Crippen LogP contribution in [0.15, 0.2) is 18.3 Å². The Hall–Kier alpha value is -1.63. The summed E-state index contributed by atoms with van der Waals surface area (Å²) >= 11 is 0. The molecule has 1 amide bonds. The van der Waals surface area contributed by atoms with Gasteiger partial charge in [0.1, 0.15) is 5.82 Å². The molecule has 1 rings (SSSR count). The van der Waals surface area contributed by atoms with Gasteiger partial charge in [-0.15, -0.1) is 0 Å². The lowest BCUT2D eigenvalue weighted by Gasteiger charge is -2.36. The number of halogens is 3. The first-order valence-corrected chi connectivity index (χ1v) is 6.54. The number of nitrogens with zero attached hydrogens (tertiary/aromatic N) is 2. The molecule has 7 heteroatoms. The highest BCUT2D eigenvalue weighted by Gasteiger charge is 2.34. The molecule has 0 radical (unpaired) electrons. The molecule has 0 fully saturated rings. The number of nitrogens with one attached hydrogen (secondary N) is 1. The number of hydrogen-bond donors (Lipinski definition) is 1. The van der Waals surface area contributed by atoms with E-state index in [-0.39, 0.29) is 17.8 Å². The second kappa shape index (κ2) is 6.01. The number of anilines is 1. The van der Waals surface area contributed by atoms with Crippen molar-refractivity contribution in [3.05, 3.63) is 23.9 Å². The second-order valence-corrected chi connectivity index (χ2v) is 5.65. The molecule has 0 atom stereocenters. The maximum Gasteiger partial charge on any atom is 0.417 e. The molecule has 118 valence electrons. The molecule has 0 spiro atoms. The van der Waals surface area contributed by atoms with E-state index >= 15 is 0 Å². The molecular formula is C14H20F3N3O. The highest BCUT2D eigenvalue weighted by atomic mass is 19.4. The quantitative estimate of drug-likeness (QED) is 0.929. The summed E-state index contributed by atoms with van der Waals surface area (Å²) in [6.45, 7) is 7.38. The third kappa shape index (κ3) is 4.17. The molecule has 1 heterocycles. The average molecular weight is 303 g/mol. The van der Waals surface area contributed by atoms with Crippen molar-refractivity contribution in [3.63, 3.8) is 0 Å². The Morgan fingerprint density at radius 3 is 2.24 bits per heavy atom. The first-order chi connectivity index (χ1) is 9.46. The molecule has 0 bridgehead atoms. The monoisotopic (exact) mass is 303 g/mol. The van der Waals surface area contributed by atoms with Gasteiger partial charge >= 0.3 is 6.18 Å². The van der Waals surface area contributed by atoms with Crippen LogP contribution in [0.4, 0.5) is 19.0 Å². The molecule has 1 aromatic heterocycles. The van der Waals surface area contributed by atoms with Crippen LogP contribution in [0.3, 0.4) is 0 Å². The van der Waals surface area contributed by atoms with E-state index in [0.29, 0.717) is 6.20 Å². The molecule has 0 saturated heterocycles. The number of likely N-dealkylation sites (N-methyl/N-ethyl adjacent to an activating group) is 1. The number of aromatic nitrogens is 1. The van der Waals surface area contributed by atoms with Crippen LogP contribution in [0.2, 0.25) is 0 Å². The first-order valence-electron chi connectivity index (χ1n) is 6.54. The Bertz CT molecular complexity index is 495. The van der Waals surface area contributed by atoms with E-state index in [2.05, 4.69) is 10.3 Å². The van der Waals surface area contributed by atoms with Gasteiger partial charge in [-0.05, 0) is 46.9 Å². The van der Waals surface area contributed by atoms with Gasteiger partial charge in [-0.2, -0.15) is 13.2 Å². The smallest absolute Gasteiger partial charge is 0.309 e. The van der Waals surface area contributed by atoms with Crippen molar-refractivity contribution in [2.45, 2.75) is 45.5 Å². The minimum atomic E-state index is -4.44. The number of rotatable bonds is 4. The second-order valence-electron chi connectivity index (χ2n) is 5.65. The summed E-state index contributed by atoms with van der Waals surface area (Å²) in [5.41, 5.74) is -1.66. The van der Waals surface area contributed by atoms with E-state index in [1.807, 2.05) is 25.8 Å². The van der Waals surface area contributed by atoms with Gasteiger partial charge in [0.25, 0.3) is 0 Å². The van der Waals surface area contributed by atoms with Crippen LogP contribution in [-0.4, -0.2) is 34.4 Å². The maximum absolute atomic E-state index is 12.4.